The Labute approximate surface area is 102 Å². The summed E-state index contributed by atoms with van der Waals surface area (Å²) in [6.45, 7) is 3.04. The van der Waals surface area contributed by atoms with Crippen molar-refractivity contribution in [1.29, 1.82) is 0 Å². The molecule has 1 heterocycles. The maximum Gasteiger partial charge on any atom is 0.169 e. The van der Waals surface area contributed by atoms with E-state index in [9.17, 15) is 5.11 Å². The third-order valence-electron chi connectivity index (χ3n) is 3.44. The molecular weight excluding hydrogens is 218 g/mol. The normalized spacial score (nSPS) is 23.7. The summed E-state index contributed by atoms with van der Waals surface area (Å²) in [6.07, 6.45) is 2.07. The molecule has 1 aromatic rings. The van der Waals surface area contributed by atoms with Crippen LogP contribution in [0.2, 0.25) is 0 Å². The maximum absolute atomic E-state index is 10.1. The van der Waals surface area contributed by atoms with Gasteiger partial charge in [0.05, 0.1) is 19.8 Å². The molecule has 2 rings (SSSR count). The first kappa shape index (κ1) is 12.0. The van der Waals surface area contributed by atoms with Gasteiger partial charge in [-0.2, -0.15) is 0 Å². The lowest BCUT2D eigenvalue weighted by Crippen LogP contribution is -2.33. The fourth-order valence-electron chi connectivity index (χ4n) is 2.56. The minimum absolute atomic E-state index is 0.246. The summed E-state index contributed by atoms with van der Waals surface area (Å²) < 4.78 is 10.7. The number of hydrogen-bond donors (Lipinski definition) is 2. The molecule has 1 atom stereocenters. The lowest BCUT2D eigenvalue weighted by molar-refractivity contribution is 0.322. The average Bonchev–Trinajstić information content (AvgIpc) is 2.76. The summed E-state index contributed by atoms with van der Waals surface area (Å²) >= 11 is 0. The minimum Gasteiger partial charge on any atom is -0.507 e. The van der Waals surface area contributed by atoms with Crippen LogP contribution in [-0.2, 0) is 5.54 Å². The molecule has 0 aromatic heterocycles. The number of rotatable bonds is 3. The van der Waals surface area contributed by atoms with Gasteiger partial charge in [-0.25, -0.2) is 0 Å². The van der Waals surface area contributed by atoms with Crippen LogP contribution >= 0.6 is 0 Å². The number of benzene rings is 1. The second-order valence-corrected chi connectivity index (χ2v) is 4.56. The van der Waals surface area contributed by atoms with Crippen LogP contribution in [0, 0.1) is 0 Å². The smallest absolute Gasteiger partial charge is 0.169 e. The van der Waals surface area contributed by atoms with Crippen LogP contribution in [0.1, 0.15) is 25.3 Å². The van der Waals surface area contributed by atoms with Crippen LogP contribution in [0.15, 0.2) is 12.1 Å². The van der Waals surface area contributed by atoms with E-state index < -0.39 is 0 Å². The van der Waals surface area contributed by atoms with Gasteiger partial charge in [-0.05, 0) is 38.4 Å². The van der Waals surface area contributed by atoms with E-state index in [2.05, 4.69) is 12.2 Å². The Hall–Kier alpha value is -1.42. The third-order valence-corrected chi connectivity index (χ3v) is 3.44. The zero-order valence-electron chi connectivity index (χ0n) is 10.5. The number of ether oxygens (including phenoxy) is 2. The highest BCUT2D eigenvalue weighted by atomic mass is 16.5. The van der Waals surface area contributed by atoms with Crippen LogP contribution in [0.4, 0.5) is 0 Å². The maximum atomic E-state index is 10.1. The predicted octanol–water partition coefficient (Wildman–Crippen LogP) is 2.01. The number of phenols is 1. The van der Waals surface area contributed by atoms with Crippen molar-refractivity contribution in [3.63, 3.8) is 0 Å². The van der Waals surface area contributed by atoms with Crippen molar-refractivity contribution in [3.8, 4) is 17.2 Å². The highest BCUT2D eigenvalue weighted by Gasteiger charge is 2.36. The van der Waals surface area contributed by atoms with Crippen LogP contribution in [0.25, 0.3) is 0 Å². The summed E-state index contributed by atoms with van der Waals surface area (Å²) in [5.41, 5.74) is 0.543. The van der Waals surface area contributed by atoms with Crippen molar-refractivity contribution >= 4 is 0 Å². The number of methoxy groups -OCH3 is 2. The zero-order chi connectivity index (χ0) is 12.5. The molecule has 1 aliphatic heterocycles. The van der Waals surface area contributed by atoms with Crippen molar-refractivity contribution in [2.45, 2.75) is 25.3 Å². The van der Waals surface area contributed by atoms with Crippen molar-refractivity contribution in [1.82, 2.24) is 5.32 Å². The van der Waals surface area contributed by atoms with Gasteiger partial charge < -0.3 is 19.9 Å². The molecule has 2 N–H and O–H groups in total. The largest absolute Gasteiger partial charge is 0.507 e. The lowest BCUT2D eigenvalue weighted by Gasteiger charge is -2.28. The molecule has 4 heteroatoms. The number of nitrogens with one attached hydrogen (secondary N) is 1. The molecule has 1 saturated heterocycles. The number of phenolic OH excluding ortho intramolecular Hbond substituents is 1. The van der Waals surface area contributed by atoms with Crippen molar-refractivity contribution in [2.75, 3.05) is 20.8 Å². The van der Waals surface area contributed by atoms with Crippen molar-refractivity contribution in [3.05, 3.63) is 17.7 Å². The van der Waals surface area contributed by atoms with Gasteiger partial charge in [0, 0.05) is 5.54 Å². The summed E-state index contributed by atoms with van der Waals surface area (Å²) in [7, 11) is 3.20. The molecule has 1 aliphatic rings. The van der Waals surface area contributed by atoms with Gasteiger partial charge in [-0.1, -0.05) is 0 Å². The Morgan fingerprint density at radius 2 is 2.06 bits per heavy atom. The van der Waals surface area contributed by atoms with Gasteiger partial charge in [0.1, 0.15) is 5.75 Å². The van der Waals surface area contributed by atoms with E-state index in [1.807, 2.05) is 0 Å². The van der Waals surface area contributed by atoms with Gasteiger partial charge in [-0.3, -0.25) is 0 Å². The molecule has 0 radical (unpaired) electrons. The first-order valence-electron chi connectivity index (χ1n) is 5.82. The number of hydrogen-bond acceptors (Lipinski definition) is 4. The second kappa shape index (κ2) is 4.45. The van der Waals surface area contributed by atoms with Gasteiger partial charge in [0.25, 0.3) is 0 Å². The molecule has 0 spiro atoms. The molecule has 94 valence electrons. The summed E-state index contributed by atoms with van der Waals surface area (Å²) in [5, 5.41) is 13.5. The van der Waals surface area contributed by atoms with Crippen LogP contribution in [0.3, 0.4) is 0 Å². The van der Waals surface area contributed by atoms with E-state index in [4.69, 9.17) is 9.47 Å². The minimum atomic E-state index is -0.246. The first-order chi connectivity index (χ1) is 8.12. The zero-order valence-corrected chi connectivity index (χ0v) is 10.5. The van der Waals surface area contributed by atoms with Crippen molar-refractivity contribution in [2.24, 2.45) is 0 Å². The standard InChI is InChI=1S/C13H19NO3/c1-13(7-4-8-14-13)11-9(15)5-6-10(16-2)12(11)17-3/h5-6,14-15H,4,7-8H2,1-3H3. The molecule has 1 unspecified atom stereocenters. The molecular formula is C13H19NO3. The highest BCUT2D eigenvalue weighted by Crippen LogP contribution is 2.45. The van der Waals surface area contributed by atoms with E-state index in [1.165, 1.54) is 0 Å². The van der Waals surface area contributed by atoms with E-state index in [0.717, 1.165) is 24.9 Å². The summed E-state index contributed by atoms with van der Waals surface area (Å²) in [5.74, 6) is 1.51. The fraction of sp³-hybridized carbons (Fsp3) is 0.538. The van der Waals surface area contributed by atoms with Gasteiger partial charge in [0.15, 0.2) is 11.5 Å². The molecule has 0 amide bonds. The lowest BCUT2D eigenvalue weighted by atomic mass is 9.88. The molecule has 1 fully saturated rings. The topological polar surface area (TPSA) is 50.7 Å². The van der Waals surface area contributed by atoms with Gasteiger partial charge in [-0.15, -0.1) is 0 Å². The van der Waals surface area contributed by atoms with Crippen LogP contribution < -0.4 is 14.8 Å². The Balaban J connectivity index is 2.57. The second-order valence-electron chi connectivity index (χ2n) is 4.56. The molecule has 17 heavy (non-hydrogen) atoms. The number of aromatic hydroxyl groups is 1. The Bertz CT molecular complexity index is 411. The van der Waals surface area contributed by atoms with Gasteiger partial charge >= 0.3 is 0 Å². The molecule has 1 aromatic carbocycles. The Morgan fingerprint density at radius 1 is 1.29 bits per heavy atom. The Kier molecular flexibility index (Phi) is 3.15. The van der Waals surface area contributed by atoms with E-state index in [0.29, 0.717) is 11.5 Å². The first-order valence-corrected chi connectivity index (χ1v) is 5.82. The van der Waals surface area contributed by atoms with Crippen LogP contribution in [0.5, 0.6) is 17.2 Å². The molecule has 0 saturated carbocycles. The third kappa shape index (κ3) is 1.93. The summed E-state index contributed by atoms with van der Waals surface area (Å²) in [6, 6.07) is 3.37. The van der Waals surface area contributed by atoms with Crippen LogP contribution in [-0.4, -0.2) is 25.9 Å². The summed E-state index contributed by atoms with van der Waals surface area (Å²) in [4.78, 5) is 0. The van der Waals surface area contributed by atoms with Gasteiger partial charge in [0.2, 0.25) is 0 Å². The fourth-order valence-corrected chi connectivity index (χ4v) is 2.56. The molecule has 4 nitrogen and oxygen atoms in total. The average molecular weight is 237 g/mol. The van der Waals surface area contributed by atoms with Crippen molar-refractivity contribution < 1.29 is 14.6 Å². The Morgan fingerprint density at radius 3 is 2.59 bits per heavy atom. The molecule has 0 bridgehead atoms. The monoisotopic (exact) mass is 237 g/mol. The quantitative estimate of drug-likeness (QED) is 0.844. The molecule has 0 aliphatic carbocycles. The van der Waals surface area contributed by atoms with E-state index in [1.54, 1.807) is 26.4 Å². The van der Waals surface area contributed by atoms with E-state index >= 15 is 0 Å². The highest BCUT2D eigenvalue weighted by molar-refractivity contribution is 5.56. The van der Waals surface area contributed by atoms with E-state index in [-0.39, 0.29) is 11.3 Å². The predicted molar refractivity (Wildman–Crippen MR) is 65.8 cm³/mol. The SMILES string of the molecule is COc1ccc(O)c(C2(C)CCCN2)c1OC.